The Morgan fingerprint density at radius 1 is 1.32 bits per heavy atom. The summed E-state index contributed by atoms with van der Waals surface area (Å²) in [5, 5.41) is 29.5. The maximum atomic E-state index is 10.8. The summed E-state index contributed by atoms with van der Waals surface area (Å²) >= 11 is 0. The summed E-state index contributed by atoms with van der Waals surface area (Å²) in [7, 11) is 0. The molecule has 0 amide bonds. The summed E-state index contributed by atoms with van der Waals surface area (Å²) in [6.07, 6.45) is 3.74. The summed E-state index contributed by atoms with van der Waals surface area (Å²) in [6, 6.07) is 2.85. The van der Waals surface area contributed by atoms with Gasteiger partial charge in [0, 0.05) is 11.5 Å². The van der Waals surface area contributed by atoms with Crippen LogP contribution in [0.4, 0.5) is 0 Å². The third-order valence-corrected chi connectivity index (χ3v) is 4.27. The fraction of sp³-hybridized carbons (Fsp3) is 0.389. The summed E-state index contributed by atoms with van der Waals surface area (Å²) in [6.45, 7) is 8.02. The van der Waals surface area contributed by atoms with E-state index < -0.39 is 5.97 Å². The second-order valence-electron chi connectivity index (χ2n) is 6.15. The van der Waals surface area contributed by atoms with Crippen molar-refractivity contribution in [2.75, 3.05) is 0 Å². The van der Waals surface area contributed by atoms with Gasteiger partial charge in [-0.1, -0.05) is 23.8 Å². The Morgan fingerprint density at radius 3 is 2.41 bits per heavy atom. The summed E-state index contributed by atoms with van der Waals surface area (Å²) in [5.74, 6) is -1.09. The lowest BCUT2D eigenvalue weighted by atomic mass is 9.73. The molecule has 22 heavy (non-hydrogen) atoms. The highest BCUT2D eigenvalue weighted by molar-refractivity contribution is 5.71. The molecule has 0 spiro atoms. The van der Waals surface area contributed by atoms with Crippen molar-refractivity contribution in [1.82, 2.24) is 0 Å². The number of hydrogen-bond donors (Lipinski definition) is 3. The molecule has 0 unspecified atom stereocenters. The molecule has 4 heteroatoms. The Hall–Kier alpha value is -2.23. The van der Waals surface area contributed by atoms with E-state index in [9.17, 15) is 15.0 Å². The maximum Gasteiger partial charge on any atom is 0.307 e. The number of carbonyl (C=O) groups is 1. The van der Waals surface area contributed by atoms with E-state index in [4.69, 9.17) is 5.11 Å². The van der Waals surface area contributed by atoms with Crippen LogP contribution in [0.2, 0.25) is 0 Å². The van der Waals surface area contributed by atoms with Crippen LogP contribution in [-0.2, 0) is 11.2 Å². The first-order valence-electron chi connectivity index (χ1n) is 7.38. The average molecular weight is 302 g/mol. The van der Waals surface area contributed by atoms with E-state index in [-0.39, 0.29) is 29.8 Å². The maximum absolute atomic E-state index is 10.8. The van der Waals surface area contributed by atoms with Gasteiger partial charge >= 0.3 is 5.97 Å². The highest BCUT2D eigenvalue weighted by Crippen LogP contribution is 2.46. The Kier molecular flexibility index (Phi) is 4.59. The van der Waals surface area contributed by atoms with E-state index in [1.165, 1.54) is 17.7 Å². The van der Waals surface area contributed by atoms with Crippen LogP contribution in [0.3, 0.4) is 0 Å². The van der Waals surface area contributed by atoms with Crippen LogP contribution in [0.25, 0.3) is 0 Å². The number of phenolic OH excluding ortho intramolecular Hbond substituents is 2. The van der Waals surface area contributed by atoms with Crippen LogP contribution in [0, 0.1) is 5.92 Å². The van der Waals surface area contributed by atoms with Gasteiger partial charge in [0.05, 0.1) is 6.42 Å². The monoisotopic (exact) mass is 302 g/mol. The van der Waals surface area contributed by atoms with E-state index in [0.29, 0.717) is 11.1 Å². The van der Waals surface area contributed by atoms with Crippen molar-refractivity contribution in [3.05, 3.63) is 47.1 Å². The zero-order valence-electron chi connectivity index (χ0n) is 13.0. The van der Waals surface area contributed by atoms with Gasteiger partial charge < -0.3 is 15.3 Å². The van der Waals surface area contributed by atoms with Gasteiger partial charge in [-0.2, -0.15) is 0 Å². The van der Waals surface area contributed by atoms with Crippen LogP contribution >= 0.6 is 0 Å². The number of aromatic hydroxyl groups is 2. The lowest BCUT2D eigenvalue weighted by molar-refractivity contribution is -0.136. The molecule has 3 N–H and O–H groups in total. The minimum atomic E-state index is -1.00. The quantitative estimate of drug-likeness (QED) is 0.740. The molecule has 1 aliphatic rings. The molecule has 0 saturated carbocycles. The fourth-order valence-electron chi connectivity index (χ4n) is 3.20. The van der Waals surface area contributed by atoms with E-state index in [1.54, 1.807) is 0 Å². The molecule has 2 atom stereocenters. The predicted octanol–water partition coefficient (Wildman–Crippen LogP) is 3.74. The van der Waals surface area contributed by atoms with Crippen molar-refractivity contribution in [2.24, 2.45) is 5.92 Å². The van der Waals surface area contributed by atoms with E-state index in [0.717, 1.165) is 18.4 Å². The van der Waals surface area contributed by atoms with Crippen molar-refractivity contribution in [3.63, 3.8) is 0 Å². The van der Waals surface area contributed by atoms with Crippen molar-refractivity contribution >= 4 is 5.97 Å². The molecular weight excluding hydrogens is 280 g/mol. The first-order valence-corrected chi connectivity index (χ1v) is 7.38. The summed E-state index contributed by atoms with van der Waals surface area (Å²) in [4.78, 5) is 10.8. The van der Waals surface area contributed by atoms with Crippen molar-refractivity contribution in [1.29, 1.82) is 0 Å². The Morgan fingerprint density at radius 2 is 1.91 bits per heavy atom. The minimum absolute atomic E-state index is 0.0570. The molecule has 1 aliphatic carbocycles. The molecule has 0 saturated heterocycles. The average Bonchev–Trinajstić information content (AvgIpc) is 2.36. The van der Waals surface area contributed by atoms with Gasteiger partial charge in [0.25, 0.3) is 0 Å². The summed E-state index contributed by atoms with van der Waals surface area (Å²) < 4.78 is 0. The van der Waals surface area contributed by atoms with E-state index in [2.05, 4.69) is 12.7 Å². The highest BCUT2D eigenvalue weighted by Gasteiger charge is 2.30. The van der Waals surface area contributed by atoms with Gasteiger partial charge in [-0.25, -0.2) is 0 Å². The van der Waals surface area contributed by atoms with Gasteiger partial charge in [0.2, 0.25) is 0 Å². The zero-order valence-corrected chi connectivity index (χ0v) is 13.0. The van der Waals surface area contributed by atoms with Gasteiger partial charge in [0.1, 0.15) is 11.5 Å². The first-order chi connectivity index (χ1) is 10.3. The van der Waals surface area contributed by atoms with E-state index in [1.807, 2.05) is 13.8 Å². The lowest BCUT2D eigenvalue weighted by Crippen LogP contribution is -2.17. The SMILES string of the molecule is C=C(C)[C@@H]1CCC(C)=C[C@H]1c1c(O)cc(CC(=O)O)cc1O. The molecule has 0 radical (unpaired) electrons. The number of carboxylic acid groups (broad SMARTS) is 1. The smallest absolute Gasteiger partial charge is 0.307 e. The fourth-order valence-corrected chi connectivity index (χ4v) is 3.20. The molecule has 0 aliphatic heterocycles. The van der Waals surface area contributed by atoms with Crippen molar-refractivity contribution in [3.8, 4) is 11.5 Å². The molecule has 1 aromatic rings. The molecule has 0 heterocycles. The molecule has 1 aromatic carbocycles. The van der Waals surface area contributed by atoms with Crippen LogP contribution in [0.15, 0.2) is 35.9 Å². The Labute approximate surface area is 130 Å². The van der Waals surface area contributed by atoms with Gasteiger partial charge in [0.15, 0.2) is 0 Å². The van der Waals surface area contributed by atoms with Crippen LogP contribution in [-0.4, -0.2) is 21.3 Å². The number of aliphatic carboxylic acids is 1. The number of allylic oxidation sites excluding steroid dienone is 3. The van der Waals surface area contributed by atoms with Crippen LogP contribution in [0.1, 0.15) is 43.7 Å². The Balaban J connectivity index is 2.48. The third-order valence-electron chi connectivity index (χ3n) is 4.27. The van der Waals surface area contributed by atoms with Crippen LogP contribution < -0.4 is 0 Å². The van der Waals surface area contributed by atoms with Crippen molar-refractivity contribution < 1.29 is 20.1 Å². The number of benzene rings is 1. The number of carboxylic acids is 1. The number of rotatable bonds is 4. The topological polar surface area (TPSA) is 77.8 Å². The van der Waals surface area contributed by atoms with Crippen LogP contribution in [0.5, 0.6) is 11.5 Å². The minimum Gasteiger partial charge on any atom is -0.507 e. The normalized spacial score (nSPS) is 21.3. The molecule has 0 fully saturated rings. The lowest BCUT2D eigenvalue weighted by Gasteiger charge is -2.31. The summed E-state index contributed by atoms with van der Waals surface area (Å²) in [5.41, 5.74) is 3.08. The van der Waals surface area contributed by atoms with Gasteiger partial charge in [-0.15, -0.1) is 0 Å². The van der Waals surface area contributed by atoms with E-state index >= 15 is 0 Å². The van der Waals surface area contributed by atoms with Crippen molar-refractivity contribution in [2.45, 2.75) is 39.0 Å². The first kappa shape index (κ1) is 16.1. The molecule has 0 aromatic heterocycles. The van der Waals surface area contributed by atoms with Gasteiger partial charge in [-0.05, 0) is 50.3 Å². The zero-order chi connectivity index (χ0) is 16.4. The largest absolute Gasteiger partial charge is 0.507 e. The van der Waals surface area contributed by atoms with Gasteiger partial charge in [-0.3, -0.25) is 4.79 Å². The third kappa shape index (κ3) is 3.32. The highest BCUT2D eigenvalue weighted by atomic mass is 16.4. The molecule has 2 rings (SSSR count). The molecule has 0 bridgehead atoms. The Bertz CT molecular complexity index is 619. The molecule has 118 valence electrons. The number of phenols is 2. The molecular formula is C18H22O4. The second kappa shape index (κ2) is 6.26. The molecule has 4 nitrogen and oxygen atoms in total. The standard InChI is InChI=1S/C18H22O4/c1-10(2)13-5-4-11(3)6-14(13)18-15(19)7-12(8-16(18)20)9-17(21)22/h6-8,13-14,19-20H,1,4-5,9H2,2-3H3,(H,21,22)/t13-,14+/m0/s1. The number of hydrogen-bond acceptors (Lipinski definition) is 3. The predicted molar refractivity (Wildman–Crippen MR) is 85.1 cm³/mol. The second-order valence-corrected chi connectivity index (χ2v) is 6.15.